The lowest BCUT2D eigenvalue weighted by molar-refractivity contribution is 0.488. The van der Waals surface area contributed by atoms with Crippen molar-refractivity contribution < 1.29 is 0 Å². The molecule has 1 aromatic rings. The fraction of sp³-hybridized carbons (Fsp3) is 0.688. The van der Waals surface area contributed by atoms with E-state index in [2.05, 4.69) is 23.2 Å². The molecule has 5 nitrogen and oxygen atoms in total. The van der Waals surface area contributed by atoms with Crippen molar-refractivity contribution in [3.05, 3.63) is 17.1 Å². The lowest BCUT2D eigenvalue weighted by Crippen LogP contribution is -2.36. The monoisotopic (exact) mass is 285 g/mol. The minimum absolute atomic E-state index is 0.137. The Bertz CT molecular complexity index is 548. The van der Waals surface area contributed by atoms with Crippen LogP contribution in [0.3, 0.4) is 0 Å². The average molecular weight is 285 g/mol. The van der Waals surface area contributed by atoms with Crippen LogP contribution < -0.4 is 10.2 Å². The van der Waals surface area contributed by atoms with Crippen LogP contribution in [0.2, 0.25) is 0 Å². The maximum atomic E-state index is 9.22. The molecule has 0 radical (unpaired) electrons. The van der Waals surface area contributed by atoms with Crippen molar-refractivity contribution in [1.29, 1.82) is 5.26 Å². The summed E-state index contributed by atoms with van der Waals surface area (Å²) in [6.45, 7) is 5.92. The van der Waals surface area contributed by atoms with Gasteiger partial charge in [0.25, 0.3) is 0 Å². The van der Waals surface area contributed by atoms with Gasteiger partial charge in [0.15, 0.2) is 0 Å². The number of aromatic nitrogens is 2. The molecule has 1 fully saturated rings. The summed E-state index contributed by atoms with van der Waals surface area (Å²) in [7, 11) is 0. The second kappa shape index (κ2) is 6.40. The van der Waals surface area contributed by atoms with E-state index < -0.39 is 0 Å². The molecule has 3 rings (SSSR count). The van der Waals surface area contributed by atoms with Gasteiger partial charge in [-0.1, -0.05) is 6.92 Å². The van der Waals surface area contributed by atoms with Gasteiger partial charge in [-0.05, 0) is 25.8 Å². The van der Waals surface area contributed by atoms with Crippen LogP contribution in [0, 0.1) is 17.2 Å². The first kappa shape index (κ1) is 14.3. The molecule has 1 saturated heterocycles. The summed E-state index contributed by atoms with van der Waals surface area (Å²) < 4.78 is 0. The molecule has 21 heavy (non-hydrogen) atoms. The van der Waals surface area contributed by atoms with Crippen molar-refractivity contribution in [2.24, 2.45) is 5.92 Å². The number of nitrogens with zero attached hydrogens (tertiary/aromatic N) is 4. The highest BCUT2D eigenvalue weighted by atomic mass is 15.2. The van der Waals surface area contributed by atoms with Gasteiger partial charge in [0.2, 0.25) is 0 Å². The molecule has 0 unspecified atom stereocenters. The number of hydrogen-bond donors (Lipinski definition) is 1. The van der Waals surface area contributed by atoms with E-state index >= 15 is 0 Å². The van der Waals surface area contributed by atoms with Gasteiger partial charge < -0.3 is 10.2 Å². The third-order valence-electron chi connectivity index (χ3n) is 4.43. The molecule has 0 amide bonds. The van der Waals surface area contributed by atoms with E-state index in [0.29, 0.717) is 0 Å². The number of hydrogen-bond acceptors (Lipinski definition) is 5. The van der Waals surface area contributed by atoms with E-state index in [1.54, 1.807) is 0 Å². The predicted molar refractivity (Wildman–Crippen MR) is 82.2 cm³/mol. The summed E-state index contributed by atoms with van der Waals surface area (Å²) in [6.07, 6.45) is 4.93. The van der Waals surface area contributed by atoms with Gasteiger partial charge >= 0.3 is 0 Å². The van der Waals surface area contributed by atoms with Gasteiger partial charge in [0.1, 0.15) is 11.6 Å². The minimum Gasteiger partial charge on any atom is -0.355 e. The van der Waals surface area contributed by atoms with Crippen molar-refractivity contribution in [3.8, 4) is 6.07 Å². The Morgan fingerprint density at radius 3 is 3.00 bits per heavy atom. The molecule has 0 bridgehead atoms. The smallest absolute Gasteiger partial charge is 0.135 e. The zero-order chi connectivity index (χ0) is 14.7. The zero-order valence-electron chi connectivity index (χ0n) is 12.7. The minimum atomic E-state index is 0.137. The molecular formula is C16H23N5. The molecule has 2 aliphatic heterocycles. The third kappa shape index (κ3) is 3.01. The summed E-state index contributed by atoms with van der Waals surface area (Å²) in [5.74, 6) is 2.17. The molecule has 5 heteroatoms. The predicted octanol–water partition coefficient (Wildman–Crippen LogP) is 1.47. The summed E-state index contributed by atoms with van der Waals surface area (Å²) in [6, 6.07) is 2.43. The van der Waals surface area contributed by atoms with Gasteiger partial charge in [0.05, 0.1) is 17.7 Å². The number of nitriles is 1. The Morgan fingerprint density at radius 1 is 1.33 bits per heavy atom. The first-order chi connectivity index (χ1) is 10.3. The van der Waals surface area contributed by atoms with Crippen molar-refractivity contribution in [1.82, 2.24) is 15.3 Å². The van der Waals surface area contributed by atoms with E-state index in [4.69, 9.17) is 9.97 Å². The Labute approximate surface area is 126 Å². The van der Waals surface area contributed by atoms with E-state index in [9.17, 15) is 5.26 Å². The van der Waals surface area contributed by atoms with Crippen LogP contribution >= 0.6 is 0 Å². The molecule has 0 aliphatic carbocycles. The van der Waals surface area contributed by atoms with Crippen molar-refractivity contribution in [3.63, 3.8) is 0 Å². The van der Waals surface area contributed by atoms with Crippen molar-refractivity contribution >= 4 is 5.82 Å². The van der Waals surface area contributed by atoms with Gasteiger partial charge in [-0.25, -0.2) is 9.97 Å². The fourth-order valence-corrected chi connectivity index (χ4v) is 3.27. The highest BCUT2D eigenvalue weighted by molar-refractivity contribution is 5.51. The molecule has 1 atom stereocenters. The third-order valence-corrected chi connectivity index (χ3v) is 4.43. The highest BCUT2D eigenvalue weighted by Crippen LogP contribution is 2.27. The molecule has 112 valence electrons. The number of piperidine rings is 1. The van der Waals surface area contributed by atoms with E-state index in [0.717, 1.165) is 69.9 Å². The number of rotatable bonds is 2. The van der Waals surface area contributed by atoms with Crippen molar-refractivity contribution in [2.75, 3.05) is 31.1 Å². The normalized spacial score (nSPS) is 22.3. The van der Waals surface area contributed by atoms with Crippen LogP contribution in [0.4, 0.5) is 5.82 Å². The maximum absolute atomic E-state index is 9.22. The van der Waals surface area contributed by atoms with Crippen LogP contribution in [-0.2, 0) is 19.3 Å². The Kier molecular flexibility index (Phi) is 4.35. The number of aryl methyl sites for hydroxylation is 1. The molecule has 0 saturated carbocycles. The van der Waals surface area contributed by atoms with Crippen LogP contribution in [0.5, 0.6) is 0 Å². The molecule has 0 aromatic carbocycles. The Hall–Kier alpha value is -1.67. The topological polar surface area (TPSA) is 64.8 Å². The first-order valence-corrected chi connectivity index (χ1v) is 8.05. The standard InChI is InChI=1S/C16H23N5/c1-2-15-19-14-6-8-18-7-5-13(14)16(20-15)21-9-3-4-12(10-17)11-21/h12,18H,2-9,11H2,1H3/t12-/m1/s1. The SMILES string of the molecule is CCc1nc2c(c(N3CCC[C@H](C#N)C3)n1)CCNCC2. The maximum Gasteiger partial charge on any atom is 0.135 e. The lowest BCUT2D eigenvalue weighted by Gasteiger charge is -2.32. The average Bonchev–Trinajstić information content (AvgIpc) is 2.79. The second-order valence-electron chi connectivity index (χ2n) is 5.91. The highest BCUT2D eigenvalue weighted by Gasteiger charge is 2.25. The van der Waals surface area contributed by atoms with Gasteiger partial charge in [-0.2, -0.15) is 5.26 Å². The number of fused-ring (bicyclic) bond motifs is 1. The molecule has 3 heterocycles. The fourth-order valence-electron chi connectivity index (χ4n) is 3.27. The van der Waals surface area contributed by atoms with Crippen LogP contribution in [0.15, 0.2) is 0 Å². The molecule has 0 spiro atoms. The van der Waals surface area contributed by atoms with Gasteiger partial charge in [-0.3, -0.25) is 0 Å². The molecular weight excluding hydrogens is 262 g/mol. The van der Waals surface area contributed by atoms with Gasteiger partial charge in [-0.15, -0.1) is 0 Å². The Balaban J connectivity index is 1.98. The van der Waals surface area contributed by atoms with E-state index in [1.165, 1.54) is 11.3 Å². The molecule has 2 aliphatic rings. The number of nitrogens with one attached hydrogen (secondary N) is 1. The molecule has 1 aromatic heterocycles. The largest absolute Gasteiger partial charge is 0.355 e. The summed E-state index contributed by atoms with van der Waals surface area (Å²) in [5.41, 5.74) is 2.51. The van der Waals surface area contributed by atoms with Crippen LogP contribution in [0.25, 0.3) is 0 Å². The summed E-state index contributed by atoms with van der Waals surface area (Å²) >= 11 is 0. The lowest BCUT2D eigenvalue weighted by atomic mass is 9.98. The Morgan fingerprint density at radius 2 is 2.19 bits per heavy atom. The van der Waals surface area contributed by atoms with Crippen molar-refractivity contribution in [2.45, 2.75) is 39.0 Å². The first-order valence-electron chi connectivity index (χ1n) is 8.05. The quantitative estimate of drug-likeness (QED) is 0.891. The summed E-state index contributed by atoms with van der Waals surface area (Å²) in [5, 5.41) is 12.7. The van der Waals surface area contributed by atoms with E-state index in [1.807, 2.05) is 0 Å². The molecule has 1 N–H and O–H groups in total. The van der Waals surface area contributed by atoms with E-state index in [-0.39, 0.29) is 5.92 Å². The second-order valence-corrected chi connectivity index (χ2v) is 5.91. The number of anilines is 1. The van der Waals surface area contributed by atoms with Gasteiger partial charge in [0, 0.05) is 38.0 Å². The van der Waals surface area contributed by atoms with Crippen LogP contribution in [-0.4, -0.2) is 36.1 Å². The summed E-state index contributed by atoms with van der Waals surface area (Å²) in [4.78, 5) is 11.9. The zero-order valence-corrected chi connectivity index (χ0v) is 12.7. The van der Waals surface area contributed by atoms with Crippen LogP contribution in [0.1, 0.15) is 36.8 Å².